The molecule has 11 heteroatoms. The third-order valence-corrected chi connectivity index (χ3v) is 5.97. The Morgan fingerprint density at radius 3 is 2.34 bits per heavy atom. The third kappa shape index (κ3) is 4.29. The van der Waals surface area contributed by atoms with E-state index in [0.29, 0.717) is 12.0 Å². The summed E-state index contributed by atoms with van der Waals surface area (Å²) in [6.07, 6.45) is 0.460. The first-order chi connectivity index (χ1) is 14.9. The van der Waals surface area contributed by atoms with Crippen LogP contribution < -0.4 is 9.50 Å². The molecular formula is C21H19F4NO5S. The van der Waals surface area contributed by atoms with Gasteiger partial charge in [-0.15, -0.1) is 0 Å². The fourth-order valence-electron chi connectivity index (χ4n) is 3.14. The van der Waals surface area contributed by atoms with Crippen LogP contribution in [0.2, 0.25) is 0 Å². The van der Waals surface area contributed by atoms with E-state index in [1.807, 2.05) is 0 Å². The molecule has 0 radical (unpaired) electrons. The molecular weight excluding hydrogens is 454 g/mol. The van der Waals surface area contributed by atoms with Crippen molar-refractivity contribution in [3.8, 4) is 17.1 Å². The molecule has 6 nitrogen and oxygen atoms in total. The Hall–Kier alpha value is -3.08. The van der Waals surface area contributed by atoms with Crippen LogP contribution in [0.15, 0.2) is 40.8 Å². The van der Waals surface area contributed by atoms with E-state index in [1.165, 1.54) is 25.2 Å². The lowest BCUT2D eigenvalue weighted by molar-refractivity contribution is -0.0500. The van der Waals surface area contributed by atoms with Gasteiger partial charge in [0.2, 0.25) is 0 Å². The van der Waals surface area contributed by atoms with Gasteiger partial charge in [0.05, 0.1) is 5.56 Å². The van der Waals surface area contributed by atoms with Crippen molar-refractivity contribution in [2.45, 2.75) is 31.7 Å². The number of alkyl halides is 3. The van der Waals surface area contributed by atoms with Crippen LogP contribution in [0.5, 0.6) is 5.75 Å². The molecule has 1 atom stereocenters. The molecule has 0 fully saturated rings. The van der Waals surface area contributed by atoms with E-state index in [4.69, 9.17) is 4.42 Å². The van der Waals surface area contributed by atoms with Gasteiger partial charge in [0.15, 0.2) is 0 Å². The minimum absolute atomic E-state index is 0.0445. The largest absolute Gasteiger partial charge is 0.534 e. The Bertz CT molecular complexity index is 1260. The second kappa shape index (κ2) is 8.45. The summed E-state index contributed by atoms with van der Waals surface area (Å²) in [5, 5.41) is 2.45. The molecule has 2 aromatic carbocycles. The van der Waals surface area contributed by atoms with Crippen molar-refractivity contribution in [2.75, 3.05) is 7.05 Å². The van der Waals surface area contributed by atoms with E-state index in [9.17, 15) is 30.8 Å². The van der Waals surface area contributed by atoms with Crippen molar-refractivity contribution in [2.24, 2.45) is 0 Å². The molecule has 0 bridgehead atoms. The van der Waals surface area contributed by atoms with Gasteiger partial charge in [-0.05, 0) is 48.7 Å². The quantitative estimate of drug-likeness (QED) is 0.297. The number of furan rings is 1. The molecule has 0 aliphatic heterocycles. The highest BCUT2D eigenvalue weighted by Crippen LogP contribution is 2.41. The van der Waals surface area contributed by atoms with Crippen molar-refractivity contribution in [3.05, 3.63) is 53.3 Å². The minimum Gasteiger partial charge on any atom is -0.455 e. The average molecular weight is 473 g/mol. The van der Waals surface area contributed by atoms with Crippen molar-refractivity contribution < 1.29 is 39.4 Å². The minimum atomic E-state index is -5.95. The third-order valence-electron chi connectivity index (χ3n) is 5.01. The van der Waals surface area contributed by atoms with Crippen LogP contribution in [0.25, 0.3) is 22.3 Å². The maximum atomic E-state index is 13.3. The molecule has 32 heavy (non-hydrogen) atoms. The lowest BCUT2D eigenvalue weighted by Crippen LogP contribution is -2.28. The molecule has 0 aliphatic rings. The molecule has 1 N–H and O–H groups in total. The fraction of sp³-hybridized carbons (Fsp3) is 0.286. The summed E-state index contributed by atoms with van der Waals surface area (Å²) < 4.78 is 85.8. The van der Waals surface area contributed by atoms with E-state index >= 15 is 0 Å². The van der Waals surface area contributed by atoms with Gasteiger partial charge in [-0.1, -0.05) is 13.8 Å². The Kier molecular flexibility index (Phi) is 6.23. The van der Waals surface area contributed by atoms with Crippen LogP contribution in [0, 0.1) is 5.82 Å². The summed E-state index contributed by atoms with van der Waals surface area (Å²) in [7, 11) is -4.60. The van der Waals surface area contributed by atoms with Gasteiger partial charge in [0.1, 0.15) is 22.9 Å². The summed E-state index contributed by atoms with van der Waals surface area (Å²) >= 11 is 0. The first-order valence-electron chi connectivity index (χ1n) is 9.48. The van der Waals surface area contributed by atoms with Gasteiger partial charge in [0.25, 0.3) is 5.91 Å². The topological polar surface area (TPSA) is 85.6 Å². The SMILES string of the molecule is CCC(C)c1cc2oc(-c3ccc(F)cc3)c(C(=O)NC)c2cc1OS(=O)(=O)C(F)(F)F. The Balaban J connectivity index is 2.32. The molecule has 0 spiro atoms. The summed E-state index contributed by atoms with van der Waals surface area (Å²) in [6.45, 7) is 3.44. The molecule has 3 aromatic rings. The molecule has 3 rings (SSSR count). The summed E-state index contributed by atoms with van der Waals surface area (Å²) in [5.41, 5.74) is -5.05. The number of amides is 1. The summed E-state index contributed by atoms with van der Waals surface area (Å²) in [5.74, 6) is -2.05. The number of benzene rings is 2. The second-order valence-corrected chi connectivity index (χ2v) is 8.61. The van der Waals surface area contributed by atoms with E-state index in [0.717, 1.165) is 18.2 Å². The van der Waals surface area contributed by atoms with Crippen LogP contribution in [0.4, 0.5) is 17.6 Å². The second-order valence-electron chi connectivity index (χ2n) is 7.07. The van der Waals surface area contributed by atoms with Crippen LogP contribution in [-0.2, 0) is 10.1 Å². The first-order valence-corrected chi connectivity index (χ1v) is 10.9. The Labute approximate surface area is 181 Å². The van der Waals surface area contributed by atoms with E-state index in [2.05, 4.69) is 9.50 Å². The number of rotatable bonds is 6. The number of halogens is 4. The maximum Gasteiger partial charge on any atom is 0.534 e. The van der Waals surface area contributed by atoms with E-state index in [1.54, 1.807) is 13.8 Å². The van der Waals surface area contributed by atoms with Crippen molar-refractivity contribution in [3.63, 3.8) is 0 Å². The monoisotopic (exact) mass is 473 g/mol. The lowest BCUT2D eigenvalue weighted by atomic mass is 9.95. The van der Waals surface area contributed by atoms with Crippen LogP contribution in [-0.4, -0.2) is 26.9 Å². The molecule has 1 heterocycles. The van der Waals surface area contributed by atoms with Gasteiger partial charge in [-0.2, -0.15) is 21.6 Å². The fourth-order valence-corrected chi connectivity index (χ4v) is 3.61. The number of hydrogen-bond donors (Lipinski definition) is 1. The van der Waals surface area contributed by atoms with Gasteiger partial charge >= 0.3 is 15.6 Å². The molecule has 172 valence electrons. The average Bonchev–Trinajstić information content (AvgIpc) is 3.09. The van der Waals surface area contributed by atoms with Crippen molar-refractivity contribution >= 4 is 27.0 Å². The molecule has 1 unspecified atom stereocenters. The standard InChI is InChI=1S/C21H19F4NO5S/c1-4-11(2)14-9-16-15(10-17(14)31-32(28,29)21(23,24)25)18(20(27)26-3)19(30-16)12-5-7-13(22)8-6-12/h5-11H,4H2,1-3H3,(H,26,27). The van der Waals surface area contributed by atoms with E-state index < -0.39 is 33.1 Å². The van der Waals surface area contributed by atoms with Gasteiger partial charge in [0, 0.05) is 23.6 Å². The smallest absolute Gasteiger partial charge is 0.455 e. The number of hydrogen-bond acceptors (Lipinski definition) is 5. The van der Waals surface area contributed by atoms with Crippen LogP contribution in [0.3, 0.4) is 0 Å². The molecule has 0 aliphatic carbocycles. The Morgan fingerprint density at radius 2 is 1.81 bits per heavy atom. The molecule has 0 saturated heterocycles. The Morgan fingerprint density at radius 1 is 1.19 bits per heavy atom. The predicted octanol–water partition coefficient (Wildman–Crippen LogP) is 5.34. The molecule has 1 amide bonds. The maximum absolute atomic E-state index is 13.3. The van der Waals surface area contributed by atoms with E-state index in [-0.39, 0.29) is 33.8 Å². The zero-order chi connectivity index (χ0) is 23.8. The van der Waals surface area contributed by atoms with Crippen molar-refractivity contribution in [1.82, 2.24) is 5.32 Å². The highest BCUT2D eigenvalue weighted by Gasteiger charge is 2.49. The normalized spacial score (nSPS) is 13.2. The van der Waals surface area contributed by atoms with Crippen LogP contribution >= 0.6 is 0 Å². The number of carbonyl (C=O) groups is 1. The summed E-state index contributed by atoms with van der Waals surface area (Å²) in [6, 6.07) is 7.46. The van der Waals surface area contributed by atoms with Gasteiger partial charge < -0.3 is 13.9 Å². The highest BCUT2D eigenvalue weighted by atomic mass is 32.2. The van der Waals surface area contributed by atoms with Crippen LogP contribution in [0.1, 0.15) is 42.1 Å². The van der Waals surface area contributed by atoms with Gasteiger partial charge in [-0.3, -0.25) is 4.79 Å². The number of fused-ring (bicyclic) bond motifs is 1. The number of nitrogens with one attached hydrogen (secondary N) is 1. The van der Waals surface area contributed by atoms with Gasteiger partial charge in [-0.25, -0.2) is 4.39 Å². The predicted molar refractivity (Wildman–Crippen MR) is 109 cm³/mol. The zero-order valence-electron chi connectivity index (χ0n) is 17.2. The zero-order valence-corrected chi connectivity index (χ0v) is 18.0. The molecule has 0 saturated carbocycles. The first kappa shape index (κ1) is 23.6. The van der Waals surface area contributed by atoms with Crippen molar-refractivity contribution in [1.29, 1.82) is 0 Å². The summed E-state index contributed by atoms with van der Waals surface area (Å²) in [4.78, 5) is 12.6. The lowest BCUT2D eigenvalue weighted by Gasteiger charge is -2.16. The molecule has 1 aromatic heterocycles. The number of carbonyl (C=O) groups excluding carboxylic acids is 1. The highest BCUT2D eigenvalue weighted by molar-refractivity contribution is 7.88.